The Kier molecular flexibility index (Phi) is 3.85. The van der Waals surface area contributed by atoms with E-state index in [1.165, 1.54) is 0 Å². The predicted octanol–water partition coefficient (Wildman–Crippen LogP) is 1.28. The summed E-state index contributed by atoms with van der Waals surface area (Å²) < 4.78 is 0. The van der Waals surface area contributed by atoms with Gasteiger partial charge >= 0.3 is 5.97 Å². The van der Waals surface area contributed by atoms with Gasteiger partial charge in [0, 0.05) is 6.04 Å². The number of rotatable bonds is 4. The molecule has 0 radical (unpaired) electrons. The molecule has 1 heterocycles. The average molecular weight is 268 g/mol. The standard InChI is InChI=1S/C14H24N2O3/c1-3-14(8-5-9-15-14)11(17)16-10-6-4-7-13(10,2)12(18)19/h10,15H,3-9H2,1-2H3,(H,16,17)(H,18,19). The molecule has 1 saturated heterocycles. The lowest BCUT2D eigenvalue weighted by molar-refractivity contribution is -0.149. The van der Waals surface area contributed by atoms with Gasteiger partial charge in [-0.1, -0.05) is 13.3 Å². The smallest absolute Gasteiger partial charge is 0.311 e. The van der Waals surface area contributed by atoms with E-state index < -0.39 is 16.9 Å². The minimum absolute atomic E-state index is 0.0214. The Morgan fingerprint density at radius 3 is 2.63 bits per heavy atom. The summed E-state index contributed by atoms with van der Waals surface area (Å²) in [7, 11) is 0. The van der Waals surface area contributed by atoms with E-state index in [1.54, 1.807) is 6.92 Å². The number of carbonyl (C=O) groups is 2. The van der Waals surface area contributed by atoms with Crippen LogP contribution in [0.25, 0.3) is 0 Å². The van der Waals surface area contributed by atoms with Crippen LogP contribution in [-0.2, 0) is 9.59 Å². The molecule has 1 saturated carbocycles. The number of amides is 1. The van der Waals surface area contributed by atoms with Gasteiger partial charge in [-0.3, -0.25) is 9.59 Å². The quantitative estimate of drug-likeness (QED) is 0.717. The highest BCUT2D eigenvalue weighted by Gasteiger charge is 2.48. The third-order valence-electron chi connectivity index (χ3n) is 5.03. The van der Waals surface area contributed by atoms with Gasteiger partial charge in [0.1, 0.15) is 0 Å². The molecule has 1 aliphatic carbocycles. The molecule has 0 aromatic heterocycles. The van der Waals surface area contributed by atoms with Crippen LogP contribution >= 0.6 is 0 Å². The monoisotopic (exact) mass is 268 g/mol. The summed E-state index contributed by atoms with van der Waals surface area (Å²) in [6.45, 7) is 4.61. The second-order valence-corrected chi connectivity index (χ2v) is 6.11. The van der Waals surface area contributed by atoms with Crippen molar-refractivity contribution in [2.24, 2.45) is 5.41 Å². The Hall–Kier alpha value is -1.10. The minimum Gasteiger partial charge on any atom is -0.481 e. The van der Waals surface area contributed by atoms with Gasteiger partial charge in [-0.15, -0.1) is 0 Å². The first-order valence-electron chi connectivity index (χ1n) is 7.24. The van der Waals surface area contributed by atoms with Crippen molar-refractivity contribution >= 4 is 11.9 Å². The SMILES string of the molecule is CCC1(C(=O)NC2CCCC2(C)C(=O)O)CCCN1. The number of hydrogen-bond acceptors (Lipinski definition) is 3. The zero-order valence-electron chi connectivity index (χ0n) is 11.8. The second-order valence-electron chi connectivity index (χ2n) is 6.11. The van der Waals surface area contributed by atoms with Crippen molar-refractivity contribution in [1.82, 2.24) is 10.6 Å². The average Bonchev–Trinajstić information content (AvgIpc) is 2.98. The molecule has 19 heavy (non-hydrogen) atoms. The summed E-state index contributed by atoms with van der Waals surface area (Å²) in [6.07, 6.45) is 4.85. The maximum Gasteiger partial charge on any atom is 0.311 e. The number of aliphatic carboxylic acids is 1. The lowest BCUT2D eigenvalue weighted by Crippen LogP contribution is -2.58. The first-order chi connectivity index (χ1) is 8.94. The van der Waals surface area contributed by atoms with E-state index in [0.29, 0.717) is 6.42 Å². The van der Waals surface area contributed by atoms with Crippen LogP contribution in [0.2, 0.25) is 0 Å². The predicted molar refractivity (Wildman–Crippen MR) is 71.8 cm³/mol. The van der Waals surface area contributed by atoms with E-state index in [-0.39, 0.29) is 11.9 Å². The van der Waals surface area contributed by atoms with E-state index in [1.807, 2.05) is 6.92 Å². The molecule has 3 N–H and O–H groups in total. The van der Waals surface area contributed by atoms with Gasteiger partial charge in [-0.25, -0.2) is 0 Å². The molecule has 2 fully saturated rings. The molecule has 1 aliphatic heterocycles. The van der Waals surface area contributed by atoms with Crippen molar-refractivity contribution in [2.75, 3.05) is 6.54 Å². The summed E-state index contributed by atoms with van der Waals surface area (Å²) in [5.74, 6) is -0.827. The summed E-state index contributed by atoms with van der Waals surface area (Å²) in [4.78, 5) is 23.9. The van der Waals surface area contributed by atoms with E-state index in [9.17, 15) is 14.7 Å². The molecule has 0 aromatic rings. The van der Waals surface area contributed by atoms with Gasteiger partial charge in [0.15, 0.2) is 0 Å². The van der Waals surface area contributed by atoms with Gasteiger partial charge in [0.2, 0.25) is 5.91 Å². The Labute approximate surface area is 114 Å². The topological polar surface area (TPSA) is 78.4 Å². The van der Waals surface area contributed by atoms with Crippen LogP contribution in [0.3, 0.4) is 0 Å². The third-order valence-corrected chi connectivity index (χ3v) is 5.03. The maximum atomic E-state index is 12.5. The Balaban J connectivity index is 2.08. The van der Waals surface area contributed by atoms with Crippen molar-refractivity contribution in [3.63, 3.8) is 0 Å². The molecule has 5 nitrogen and oxygen atoms in total. The fourth-order valence-electron chi connectivity index (χ4n) is 3.41. The summed E-state index contributed by atoms with van der Waals surface area (Å²) in [6, 6.07) is -0.247. The number of nitrogens with one attached hydrogen (secondary N) is 2. The van der Waals surface area contributed by atoms with Gasteiger partial charge < -0.3 is 15.7 Å². The van der Waals surface area contributed by atoms with Crippen LogP contribution in [0.15, 0.2) is 0 Å². The second kappa shape index (κ2) is 5.12. The zero-order valence-corrected chi connectivity index (χ0v) is 11.8. The van der Waals surface area contributed by atoms with E-state index >= 15 is 0 Å². The normalized spacial score (nSPS) is 38.3. The lowest BCUT2D eigenvalue weighted by atomic mass is 9.84. The van der Waals surface area contributed by atoms with Crippen molar-refractivity contribution < 1.29 is 14.7 Å². The zero-order chi connectivity index (χ0) is 14.1. The molecule has 0 bridgehead atoms. The molecular weight excluding hydrogens is 244 g/mol. The highest BCUT2D eigenvalue weighted by molar-refractivity contribution is 5.88. The number of carboxylic acids is 1. The first kappa shape index (κ1) is 14.3. The van der Waals surface area contributed by atoms with Gasteiger partial charge in [0.25, 0.3) is 0 Å². The molecule has 0 aromatic carbocycles. The molecule has 108 valence electrons. The molecule has 3 atom stereocenters. The molecule has 1 amide bonds. The van der Waals surface area contributed by atoms with Gasteiger partial charge in [-0.05, 0) is 45.6 Å². The number of hydrogen-bond donors (Lipinski definition) is 3. The lowest BCUT2D eigenvalue weighted by Gasteiger charge is -2.33. The maximum absolute atomic E-state index is 12.5. The largest absolute Gasteiger partial charge is 0.481 e. The summed E-state index contributed by atoms with van der Waals surface area (Å²) in [5.41, 5.74) is -1.30. The molecule has 3 unspecified atom stereocenters. The molecule has 2 aliphatic rings. The molecule has 2 rings (SSSR count). The highest BCUT2D eigenvalue weighted by Crippen LogP contribution is 2.38. The van der Waals surface area contributed by atoms with Crippen molar-refractivity contribution in [3.05, 3.63) is 0 Å². The third kappa shape index (κ3) is 2.36. The molecular formula is C14H24N2O3. The first-order valence-corrected chi connectivity index (χ1v) is 7.24. The van der Waals surface area contributed by atoms with Crippen molar-refractivity contribution in [1.29, 1.82) is 0 Å². The molecule has 0 spiro atoms. The fraction of sp³-hybridized carbons (Fsp3) is 0.857. The van der Waals surface area contributed by atoms with Crippen LogP contribution in [0, 0.1) is 5.41 Å². The van der Waals surface area contributed by atoms with Crippen molar-refractivity contribution in [2.45, 2.75) is 64.0 Å². The van der Waals surface area contributed by atoms with Crippen LogP contribution in [0.1, 0.15) is 52.4 Å². The Morgan fingerprint density at radius 1 is 1.37 bits per heavy atom. The fourth-order valence-corrected chi connectivity index (χ4v) is 3.41. The minimum atomic E-state index is -0.816. The summed E-state index contributed by atoms with van der Waals surface area (Å²) >= 11 is 0. The van der Waals surface area contributed by atoms with Crippen LogP contribution in [0.4, 0.5) is 0 Å². The number of carboxylic acid groups (broad SMARTS) is 1. The van der Waals surface area contributed by atoms with E-state index in [2.05, 4.69) is 10.6 Å². The van der Waals surface area contributed by atoms with Gasteiger partial charge in [0.05, 0.1) is 11.0 Å². The number of carbonyl (C=O) groups excluding carboxylic acids is 1. The van der Waals surface area contributed by atoms with Crippen LogP contribution in [0.5, 0.6) is 0 Å². The van der Waals surface area contributed by atoms with Crippen molar-refractivity contribution in [3.8, 4) is 0 Å². The molecule has 5 heteroatoms. The van der Waals surface area contributed by atoms with Crippen LogP contribution < -0.4 is 10.6 Å². The Bertz CT molecular complexity index is 377. The highest BCUT2D eigenvalue weighted by atomic mass is 16.4. The van der Waals surface area contributed by atoms with Crippen LogP contribution in [-0.4, -0.2) is 35.1 Å². The summed E-state index contributed by atoms with van der Waals surface area (Å²) in [5, 5.41) is 15.7. The van der Waals surface area contributed by atoms with E-state index in [4.69, 9.17) is 0 Å². The van der Waals surface area contributed by atoms with Gasteiger partial charge in [-0.2, -0.15) is 0 Å². The Morgan fingerprint density at radius 2 is 2.11 bits per heavy atom. The van der Waals surface area contributed by atoms with E-state index in [0.717, 1.165) is 38.6 Å².